The van der Waals surface area contributed by atoms with E-state index in [0.717, 1.165) is 57.9 Å². The molecule has 8 atom stereocenters. The third-order valence-corrected chi connectivity index (χ3v) is 10.1. The van der Waals surface area contributed by atoms with Crippen LogP contribution in [0.2, 0.25) is 0 Å². The minimum absolute atomic E-state index is 0.165. The van der Waals surface area contributed by atoms with E-state index in [1.54, 1.807) is 0 Å². The fourth-order valence-corrected chi connectivity index (χ4v) is 7.83. The van der Waals surface area contributed by atoms with Crippen LogP contribution >= 0.6 is 0 Å². The van der Waals surface area contributed by atoms with Crippen molar-refractivity contribution in [3.8, 4) is 5.75 Å². The Bertz CT molecular complexity index is 1140. The zero-order valence-corrected chi connectivity index (χ0v) is 23.5. The van der Waals surface area contributed by atoms with E-state index in [2.05, 4.69) is 78.2 Å². The summed E-state index contributed by atoms with van der Waals surface area (Å²) in [5.74, 6) is 1.45. The van der Waals surface area contributed by atoms with Gasteiger partial charge in [-0.3, -0.25) is 9.80 Å². The molecule has 7 nitrogen and oxygen atoms in total. The third-order valence-electron chi connectivity index (χ3n) is 10.1. The van der Waals surface area contributed by atoms with Crippen LogP contribution in [0.3, 0.4) is 0 Å². The van der Waals surface area contributed by atoms with E-state index in [1.165, 1.54) is 17.5 Å². The number of benzene rings is 2. The second-order valence-electron chi connectivity index (χ2n) is 12.7. The fraction of sp³-hybridized carbons (Fsp3) is 0.625. The normalized spacial score (nSPS) is 40.3. The van der Waals surface area contributed by atoms with Gasteiger partial charge in [0.2, 0.25) is 12.1 Å². The number of rotatable bonds is 6. The van der Waals surface area contributed by atoms with Gasteiger partial charge in [-0.1, -0.05) is 56.3 Å². The van der Waals surface area contributed by atoms with Crippen molar-refractivity contribution < 1.29 is 24.0 Å². The predicted molar refractivity (Wildman–Crippen MR) is 146 cm³/mol. The molecule has 1 saturated carbocycles. The van der Waals surface area contributed by atoms with Gasteiger partial charge in [-0.2, -0.15) is 0 Å². The Morgan fingerprint density at radius 1 is 0.821 bits per heavy atom. The molecule has 2 aromatic rings. The van der Waals surface area contributed by atoms with Crippen LogP contribution in [-0.2, 0) is 32.3 Å². The Morgan fingerprint density at radius 3 is 2.18 bits per heavy atom. The standard InChI is InChI=1S/C32H42N2O5/c1-22-9-14-27-23(2)29(36-30-32(27)28(22)19-31(3,37-30)38-39-32)35-26-12-10-25(11-13-26)21-34-17-15-33(16-18-34)20-24-7-5-4-6-8-24/h4-8,10-13,22-23,27-30H,9,14-21H2,1-3H3/t22-,23-,27?,28?,29+,30-,31+,32+/m1/s1. The number of ether oxygens (including phenoxy) is 3. The van der Waals surface area contributed by atoms with Crippen molar-refractivity contribution in [3.63, 3.8) is 0 Å². The number of hydrogen-bond donors (Lipinski definition) is 0. The monoisotopic (exact) mass is 534 g/mol. The van der Waals surface area contributed by atoms with Gasteiger partial charge in [-0.25, -0.2) is 9.78 Å². The molecular weight excluding hydrogens is 492 g/mol. The van der Waals surface area contributed by atoms with Gasteiger partial charge in [-0.05, 0) is 48.9 Å². The van der Waals surface area contributed by atoms with E-state index in [-0.39, 0.29) is 18.1 Å². The zero-order valence-electron chi connectivity index (χ0n) is 23.5. The maximum Gasteiger partial charge on any atom is 0.205 e. The summed E-state index contributed by atoms with van der Waals surface area (Å²) in [4.78, 5) is 17.1. The molecule has 0 aromatic heterocycles. The minimum atomic E-state index is -0.757. The highest BCUT2D eigenvalue weighted by atomic mass is 17.3. The van der Waals surface area contributed by atoms with Crippen LogP contribution in [0.4, 0.5) is 0 Å². The van der Waals surface area contributed by atoms with Crippen LogP contribution in [0, 0.1) is 23.7 Å². The molecule has 0 radical (unpaired) electrons. The van der Waals surface area contributed by atoms with Crippen LogP contribution < -0.4 is 4.74 Å². The molecule has 8 rings (SSSR count). The van der Waals surface area contributed by atoms with Crippen LogP contribution in [0.1, 0.15) is 51.2 Å². The van der Waals surface area contributed by atoms with E-state index in [4.69, 9.17) is 24.0 Å². The average molecular weight is 535 g/mol. The molecule has 1 spiro atoms. The smallest absolute Gasteiger partial charge is 0.205 e. The molecule has 7 heteroatoms. The summed E-state index contributed by atoms with van der Waals surface area (Å²) < 4.78 is 19.3. The Balaban J connectivity index is 0.962. The molecule has 1 aliphatic carbocycles. The first-order valence-electron chi connectivity index (χ1n) is 14.9. The topological polar surface area (TPSA) is 52.6 Å². The molecule has 39 heavy (non-hydrogen) atoms. The maximum atomic E-state index is 6.52. The van der Waals surface area contributed by atoms with E-state index >= 15 is 0 Å². The van der Waals surface area contributed by atoms with Crippen molar-refractivity contribution in [1.82, 2.24) is 9.80 Å². The van der Waals surface area contributed by atoms with Gasteiger partial charge in [0, 0.05) is 63.4 Å². The van der Waals surface area contributed by atoms with E-state index in [0.29, 0.717) is 11.8 Å². The number of nitrogens with zero attached hydrogens (tertiary/aromatic N) is 2. The lowest BCUT2D eigenvalue weighted by atomic mass is 9.56. The minimum Gasteiger partial charge on any atom is -0.465 e. The lowest BCUT2D eigenvalue weighted by molar-refractivity contribution is -0.614. The lowest BCUT2D eigenvalue weighted by Crippen LogP contribution is -2.76. The van der Waals surface area contributed by atoms with E-state index in [1.807, 2.05) is 6.92 Å². The quantitative estimate of drug-likeness (QED) is 0.472. The molecule has 2 unspecified atom stereocenters. The Morgan fingerprint density at radius 2 is 1.49 bits per heavy atom. The molecule has 5 saturated heterocycles. The lowest BCUT2D eigenvalue weighted by Gasteiger charge is -2.66. The van der Waals surface area contributed by atoms with Crippen LogP contribution in [0.25, 0.3) is 0 Å². The van der Waals surface area contributed by atoms with Gasteiger partial charge in [0.1, 0.15) is 5.75 Å². The van der Waals surface area contributed by atoms with Crippen LogP contribution in [0.15, 0.2) is 54.6 Å². The first-order chi connectivity index (χ1) is 18.9. The molecule has 2 aromatic carbocycles. The predicted octanol–water partition coefficient (Wildman–Crippen LogP) is 5.20. The molecule has 2 bridgehead atoms. The van der Waals surface area contributed by atoms with Crippen LogP contribution in [-0.4, -0.2) is 59.9 Å². The zero-order chi connectivity index (χ0) is 26.6. The summed E-state index contributed by atoms with van der Waals surface area (Å²) in [7, 11) is 0. The van der Waals surface area contributed by atoms with Gasteiger partial charge >= 0.3 is 0 Å². The highest BCUT2D eigenvalue weighted by Gasteiger charge is 2.72. The van der Waals surface area contributed by atoms with Gasteiger partial charge in [0.15, 0.2) is 11.9 Å². The van der Waals surface area contributed by atoms with Gasteiger partial charge in [-0.15, -0.1) is 0 Å². The first kappa shape index (κ1) is 25.9. The van der Waals surface area contributed by atoms with Crippen molar-refractivity contribution in [3.05, 3.63) is 65.7 Å². The molecular formula is C32H42N2O5. The maximum absolute atomic E-state index is 6.52. The van der Waals surface area contributed by atoms with Gasteiger partial charge < -0.3 is 14.2 Å². The summed E-state index contributed by atoms with van der Waals surface area (Å²) in [6, 6.07) is 19.3. The largest absolute Gasteiger partial charge is 0.465 e. The summed E-state index contributed by atoms with van der Waals surface area (Å²) in [5.41, 5.74) is 2.17. The van der Waals surface area contributed by atoms with Crippen LogP contribution in [0.5, 0.6) is 5.75 Å². The fourth-order valence-electron chi connectivity index (χ4n) is 7.83. The van der Waals surface area contributed by atoms with E-state index < -0.39 is 17.7 Å². The molecule has 5 heterocycles. The second-order valence-corrected chi connectivity index (χ2v) is 12.7. The highest BCUT2D eigenvalue weighted by Crippen LogP contribution is 2.62. The molecule has 0 amide bonds. The SMILES string of the molecule is C[C@@H]1CCC2[C@@H](C)[C@@H](Oc3ccc(CN4CCN(Cc5ccccc5)CC4)cc3)O[C@@H]3O[C@]4(C)CC1[C@@]23OO4. The highest BCUT2D eigenvalue weighted by molar-refractivity contribution is 5.28. The molecule has 6 aliphatic rings. The molecule has 5 aliphatic heterocycles. The molecule has 210 valence electrons. The summed E-state index contributed by atoms with van der Waals surface area (Å²) in [6.07, 6.45) is 2.26. The van der Waals surface area contributed by atoms with Crippen molar-refractivity contribution >= 4 is 0 Å². The Labute approximate surface area is 232 Å². The Kier molecular flexibility index (Phi) is 6.73. The van der Waals surface area contributed by atoms with Gasteiger partial charge in [0.05, 0.1) is 0 Å². The van der Waals surface area contributed by atoms with Crippen molar-refractivity contribution in [2.75, 3.05) is 26.2 Å². The average Bonchev–Trinajstić information content (AvgIpc) is 2.95. The van der Waals surface area contributed by atoms with Crippen molar-refractivity contribution in [1.29, 1.82) is 0 Å². The van der Waals surface area contributed by atoms with Crippen molar-refractivity contribution in [2.45, 2.75) is 77.1 Å². The molecule has 0 N–H and O–H groups in total. The number of fused-ring (bicyclic) bond motifs is 1. The molecule has 6 fully saturated rings. The van der Waals surface area contributed by atoms with E-state index in [9.17, 15) is 0 Å². The summed E-state index contributed by atoms with van der Waals surface area (Å²) >= 11 is 0. The first-order valence-corrected chi connectivity index (χ1v) is 14.9. The Hall–Kier alpha value is -2.00. The summed E-state index contributed by atoms with van der Waals surface area (Å²) in [6.45, 7) is 12.9. The summed E-state index contributed by atoms with van der Waals surface area (Å²) in [5, 5.41) is 0. The third kappa shape index (κ3) is 4.71. The number of hydrogen-bond acceptors (Lipinski definition) is 7. The number of piperazine rings is 1. The van der Waals surface area contributed by atoms with Crippen molar-refractivity contribution in [2.24, 2.45) is 23.7 Å². The van der Waals surface area contributed by atoms with Gasteiger partial charge in [0.25, 0.3) is 0 Å². The second kappa shape index (κ2) is 10.1.